The van der Waals surface area contributed by atoms with Gasteiger partial charge in [0.2, 0.25) is 0 Å². The monoisotopic (exact) mass is 269 g/mol. The SMILES string of the molecule is O=C(O)c1nccc2c(Br)ccc(F)c12. The summed E-state index contributed by atoms with van der Waals surface area (Å²) in [6.07, 6.45) is 1.34. The van der Waals surface area contributed by atoms with E-state index < -0.39 is 11.8 Å². The van der Waals surface area contributed by atoms with Gasteiger partial charge in [0.05, 0.1) is 5.39 Å². The highest BCUT2D eigenvalue weighted by Gasteiger charge is 2.14. The van der Waals surface area contributed by atoms with Crippen molar-refractivity contribution in [3.8, 4) is 0 Å². The zero-order chi connectivity index (χ0) is 11.0. The fourth-order valence-corrected chi connectivity index (χ4v) is 1.85. The smallest absolute Gasteiger partial charge is 0.355 e. The Bertz CT molecular complexity index is 556. The van der Waals surface area contributed by atoms with Crippen LogP contribution in [0.15, 0.2) is 28.9 Å². The van der Waals surface area contributed by atoms with Gasteiger partial charge >= 0.3 is 5.97 Å². The molecule has 2 rings (SSSR count). The fourth-order valence-electron chi connectivity index (χ4n) is 1.38. The molecule has 0 atom stereocenters. The van der Waals surface area contributed by atoms with E-state index in [9.17, 15) is 9.18 Å². The summed E-state index contributed by atoms with van der Waals surface area (Å²) in [7, 11) is 0. The number of pyridine rings is 1. The molecule has 0 saturated heterocycles. The maximum atomic E-state index is 13.5. The number of carbonyl (C=O) groups is 1. The predicted octanol–water partition coefficient (Wildman–Crippen LogP) is 2.83. The van der Waals surface area contributed by atoms with Crippen molar-refractivity contribution in [2.75, 3.05) is 0 Å². The molecule has 0 fully saturated rings. The molecule has 1 N–H and O–H groups in total. The van der Waals surface area contributed by atoms with E-state index >= 15 is 0 Å². The van der Waals surface area contributed by atoms with Crippen LogP contribution in [-0.2, 0) is 0 Å². The highest BCUT2D eigenvalue weighted by Crippen LogP contribution is 2.27. The average molecular weight is 270 g/mol. The number of aromatic nitrogens is 1. The van der Waals surface area contributed by atoms with Crippen LogP contribution in [0.2, 0.25) is 0 Å². The second-order valence-electron chi connectivity index (χ2n) is 2.92. The quantitative estimate of drug-likeness (QED) is 0.866. The molecule has 3 nitrogen and oxygen atoms in total. The largest absolute Gasteiger partial charge is 0.476 e. The zero-order valence-electron chi connectivity index (χ0n) is 7.37. The molecule has 0 unspecified atom stereocenters. The molecule has 0 bridgehead atoms. The summed E-state index contributed by atoms with van der Waals surface area (Å²) in [6, 6.07) is 4.30. The van der Waals surface area contributed by atoms with E-state index in [1.165, 1.54) is 18.3 Å². The predicted molar refractivity (Wildman–Crippen MR) is 56.4 cm³/mol. The van der Waals surface area contributed by atoms with Crippen LogP contribution < -0.4 is 0 Å². The first-order valence-electron chi connectivity index (χ1n) is 4.07. The van der Waals surface area contributed by atoms with Crippen molar-refractivity contribution >= 4 is 32.7 Å². The first-order chi connectivity index (χ1) is 7.11. The number of aromatic carboxylic acids is 1. The van der Waals surface area contributed by atoms with E-state index in [2.05, 4.69) is 20.9 Å². The summed E-state index contributed by atoms with van der Waals surface area (Å²) in [5.41, 5.74) is -0.272. The summed E-state index contributed by atoms with van der Waals surface area (Å²) in [4.78, 5) is 14.5. The van der Waals surface area contributed by atoms with E-state index in [4.69, 9.17) is 5.11 Å². The van der Waals surface area contributed by atoms with Crippen molar-refractivity contribution in [2.45, 2.75) is 0 Å². The molecule has 0 saturated carbocycles. The van der Waals surface area contributed by atoms with Gasteiger partial charge < -0.3 is 5.11 Å². The second-order valence-corrected chi connectivity index (χ2v) is 3.77. The Hall–Kier alpha value is -1.49. The van der Waals surface area contributed by atoms with Crippen molar-refractivity contribution in [2.24, 2.45) is 0 Å². The summed E-state index contributed by atoms with van der Waals surface area (Å²) >= 11 is 3.23. The molecule has 5 heteroatoms. The summed E-state index contributed by atoms with van der Waals surface area (Å²) in [6.45, 7) is 0. The maximum absolute atomic E-state index is 13.5. The molecular weight excluding hydrogens is 265 g/mol. The highest BCUT2D eigenvalue weighted by molar-refractivity contribution is 9.10. The van der Waals surface area contributed by atoms with Crippen molar-refractivity contribution in [3.63, 3.8) is 0 Å². The number of fused-ring (bicyclic) bond motifs is 1. The Balaban J connectivity index is 2.96. The molecule has 1 aromatic heterocycles. The van der Waals surface area contributed by atoms with Gasteiger partial charge in [-0.05, 0) is 18.2 Å². The molecule has 0 aliphatic carbocycles. The van der Waals surface area contributed by atoms with Gasteiger partial charge in [-0.15, -0.1) is 0 Å². The summed E-state index contributed by atoms with van der Waals surface area (Å²) in [5.74, 6) is -1.82. The van der Waals surface area contributed by atoms with Gasteiger partial charge in [0.15, 0.2) is 5.69 Å². The number of halogens is 2. The lowest BCUT2D eigenvalue weighted by Gasteiger charge is -2.04. The first kappa shape index (κ1) is 10.0. The van der Waals surface area contributed by atoms with Crippen LogP contribution in [0.4, 0.5) is 4.39 Å². The Morgan fingerprint density at radius 1 is 1.40 bits per heavy atom. The number of hydrogen-bond acceptors (Lipinski definition) is 2. The molecule has 0 amide bonds. The third kappa shape index (κ3) is 1.59. The van der Waals surface area contributed by atoms with E-state index in [0.717, 1.165) is 0 Å². The van der Waals surface area contributed by atoms with Crippen molar-refractivity contribution < 1.29 is 14.3 Å². The second kappa shape index (κ2) is 3.58. The fraction of sp³-hybridized carbons (Fsp3) is 0. The van der Waals surface area contributed by atoms with Crippen LogP contribution in [-0.4, -0.2) is 16.1 Å². The topological polar surface area (TPSA) is 50.2 Å². The average Bonchev–Trinajstić information content (AvgIpc) is 2.23. The highest BCUT2D eigenvalue weighted by atomic mass is 79.9. The van der Waals surface area contributed by atoms with E-state index in [0.29, 0.717) is 9.86 Å². The van der Waals surface area contributed by atoms with Gasteiger partial charge in [0.1, 0.15) is 5.82 Å². The van der Waals surface area contributed by atoms with Crippen LogP contribution >= 0.6 is 15.9 Å². The van der Waals surface area contributed by atoms with E-state index in [-0.39, 0.29) is 11.1 Å². The Labute approximate surface area is 92.7 Å². The lowest BCUT2D eigenvalue weighted by molar-refractivity contribution is 0.0692. The van der Waals surface area contributed by atoms with Crippen LogP contribution in [0.25, 0.3) is 10.8 Å². The lowest BCUT2D eigenvalue weighted by atomic mass is 10.1. The van der Waals surface area contributed by atoms with Gasteiger partial charge in [0, 0.05) is 16.1 Å². The molecule has 2 aromatic rings. The lowest BCUT2D eigenvalue weighted by Crippen LogP contribution is -2.02. The number of benzene rings is 1. The van der Waals surface area contributed by atoms with E-state index in [1.807, 2.05) is 0 Å². The molecular formula is C10H5BrFNO2. The van der Waals surface area contributed by atoms with Crippen molar-refractivity contribution in [1.29, 1.82) is 0 Å². The van der Waals surface area contributed by atoms with E-state index in [1.54, 1.807) is 6.07 Å². The molecule has 1 aromatic carbocycles. The minimum atomic E-state index is -1.24. The third-order valence-electron chi connectivity index (χ3n) is 2.03. The molecule has 76 valence electrons. The Morgan fingerprint density at radius 2 is 2.13 bits per heavy atom. The normalized spacial score (nSPS) is 10.5. The molecule has 1 heterocycles. The Kier molecular flexibility index (Phi) is 2.40. The minimum absolute atomic E-state index is 0.0272. The standard InChI is InChI=1S/C10H5BrFNO2/c11-6-1-2-7(12)8-5(6)3-4-13-9(8)10(14)15/h1-4H,(H,14,15). The number of carboxylic acids is 1. The molecule has 0 aliphatic rings. The first-order valence-corrected chi connectivity index (χ1v) is 4.86. The Morgan fingerprint density at radius 3 is 2.80 bits per heavy atom. The van der Waals surface area contributed by atoms with Crippen LogP contribution in [0.5, 0.6) is 0 Å². The number of rotatable bonds is 1. The maximum Gasteiger partial charge on any atom is 0.355 e. The number of hydrogen-bond donors (Lipinski definition) is 1. The third-order valence-corrected chi connectivity index (χ3v) is 2.72. The van der Waals surface area contributed by atoms with Gasteiger partial charge in [-0.3, -0.25) is 0 Å². The number of carboxylic acid groups (broad SMARTS) is 1. The summed E-state index contributed by atoms with van der Waals surface area (Å²) in [5, 5.41) is 9.38. The van der Waals surface area contributed by atoms with Crippen LogP contribution in [0, 0.1) is 5.82 Å². The van der Waals surface area contributed by atoms with Gasteiger partial charge in [-0.1, -0.05) is 15.9 Å². The molecule has 0 spiro atoms. The molecule has 0 aliphatic heterocycles. The van der Waals surface area contributed by atoms with Crippen molar-refractivity contribution in [3.05, 3.63) is 40.4 Å². The molecule has 15 heavy (non-hydrogen) atoms. The van der Waals surface area contributed by atoms with Gasteiger partial charge in [-0.25, -0.2) is 14.2 Å². The van der Waals surface area contributed by atoms with Crippen LogP contribution in [0.1, 0.15) is 10.5 Å². The summed E-state index contributed by atoms with van der Waals surface area (Å²) < 4.78 is 14.1. The molecule has 0 radical (unpaired) electrons. The zero-order valence-corrected chi connectivity index (χ0v) is 8.95. The van der Waals surface area contributed by atoms with Gasteiger partial charge in [-0.2, -0.15) is 0 Å². The van der Waals surface area contributed by atoms with Crippen molar-refractivity contribution in [1.82, 2.24) is 4.98 Å². The minimum Gasteiger partial charge on any atom is -0.476 e. The van der Waals surface area contributed by atoms with Crippen LogP contribution in [0.3, 0.4) is 0 Å². The number of nitrogens with zero attached hydrogens (tertiary/aromatic N) is 1. The van der Waals surface area contributed by atoms with Gasteiger partial charge in [0.25, 0.3) is 0 Å².